The molecule has 0 saturated heterocycles. The van der Waals surface area contributed by atoms with Gasteiger partial charge in [0.2, 0.25) is 0 Å². The van der Waals surface area contributed by atoms with Crippen molar-refractivity contribution in [1.82, 2.24) is 9.97 Å². The van der Waals surface area contributed by atoms with Crippen molar-refractivity contribution in [2.45, 2.75) is 5.92 Å². The van der Waals surface area contributed by atoms with E-state index in [1.165, 1.54) is 12.4 Å². The van der Waals surface area contributed by atoms with Crippen LogP contribution in [0.15, 0.2) is 61.2 Å². The molecule has 3 rings (SSSR count). The van der Waals surface area contributed by atoms with Gasteiger partial charge in [0.25, 0.3) is 15.1 Å². The lowest BCUT2D eigenvalue weighted by atomic mass is 9.91. The second kappa shape index (κ2) is 5.86. The number of rotatable bonds is 3. The summed E-state index contributed by atoms with van der Waals surface area (Å²) in [6.07, 6.45) is 6.14. The fraction of sp³-hybridized carbons (Fsp3) is 0.0625. The highest BCUT2D eigenvalue weighted by Gasteiger charge is 2.32. The summed E-state index contributed by atoms with van der Waals surface area (Å²) < 4.78 is 23.3. The van der Waals surface area contributed by atoms with Gasteiger partial charge in [0, 0.05) is 30.2 Å². The Bertz CT molecular complexity index is 967. The average Bonchev–Trinajstić information content (AvgIpc) is 2.55. The molecule has 116 valence electrons. The molecule has 0 aliphatic carbocycles. The van der Waals surface area contributed by atoms with E-state index in [0.717, 1.165) is 10.8 Å². The summed E-state index contributed by atoms with van der Waals surface area (Å²) in [7, 11) is -4.36. The first-order valence-electron chi connectivity index (χ1n) is 6.77. The second-order valence-corrected chi connectivity index (χ2v) is 6.53. The first-order chi connectivity index (χ1) is 11.0. The van der Waals surface area contributed by atoms with Crippen LogP contribution in [0.25, 0.3) is 10.8 Å². The zero-order chi connectivity index (χ0) is 16.4. The van der Waals surface area contributed by atoms with Gasteiger partial charge in [0.15, 0.2) is 0 Å². The predicted octanol–water partition coefficient (Wildman–Crippen LogP) is 1.58. The number of pyridine rings is 2. The first-order valence-corrected chi connectivity index (χ1v) is 8.32. The highest BCUT2D eigenvalue weighted by Crippen LogP contribution is 2.31. The molecule has 7 heteroatoms. The quantitative estimate of drug-likeness (QED) is 0.786. The van der Waals surface area contributed by atoms with Gasteiger partial charge < -0.3 is 0 Å². The standard InChI is InChI=1S/C16H13N3O3S/c17-23(21,22)16(20)15(12-5-3-7-18-9-12)14-10-19-8-11-4-1-2-6-13(11)14/h1-10,15H,(H2,17,21,22). The highest BCUT2D eigenvalue weighted by molar-refractivity contribution is 8.04. The van der Waals surface area contributed by atoms with Crippen LogP contribution in [0, 0.1) is 0 Å². The largest absolute Gasteiger partial charge is 0.279 e. The van der Waals surface area contributed by atoms with Gasteiger partial charge in [0.1, 0.15) is 0 Å². The van der Waals surface area contributed by atoms with Crippen molar-refractivity contribution < 1.29 is 13.2 Å². The monoisotopic (exact) mass is 327 g/mol. The summed E-state index contributed by atoms with van der Waals surface area (Å²) in [4.78, 5) is 20.5. The van der Waals surface area contributed by atoms with Crippen LogP contribution in [0.1, 0.15) is 17.0 Å². The smallest absolute Gasteiger partial charge is 0.273 e. The molecule has 3 aromatic rings. The molecule has 0 amide bonds. The number of nitrogens with zero attached hydrogens (tertiary/aromatic N) is 2. The summed E-state index contributed by atoms with van der Waals surface area (Å²) in [5, 5.41) is 5.55. The lowest BCUT2D eigenvalue weighted by molar-refractivity contribution is -0.112. The fourth-order valence-electron chi connectivity index (χ4n) is 2.52. The Balaban J connectivity index is 2.29. The fourth-order valence-corrected chi connectivity index (χ4v) is 3.12. The molecule has 1 atom stereocenters. The van der Waals surface area contributed by atoms with Crippen molar-refractivity contribution in [2.24, 2.45) is 5.14 Å². The molecule has 6 nitrogen and oxygen atoms in total. The Kier molecular flexibility index (Phi) is 3.89. The molecule has 2 aromatic heterocycles. The van der Waals surface area contributed by atoms with Crippen LogP contribution in [0.2, 0.25) is 0 Å². The Labute approximate surface area is 133 Å². The van der Waals surface area contributed by atoms with Crippen molar-refractivity contribution in [3.8, 4) is 0 Å². The number of hydrogen-bond acceptors (Lipinski definition) is 5. The number of primary sulfonamides is 1. The van der Waals surface area contributed by atoms with Gasteiger partial charge in [-0.05, 0) is 22.6 Å². The van der Waals surface area contributed by atoms with E-state index in [9.17, 15) is 13.2 Å². The summed E-state index contributed by atoms with van der Waals surface area (Å²) in [6.45, 7) is 0. The lowest BCUT2D eigenvalue weighted by Gasteiger charge is -2.16. The summed E-state index contributed by atoms with van der Waals surface area (Å²) in [6, 6.07) is 10.6. The van der Waals surface area contributed by atoms with Gasteiger partial charge >= 0.3 is 0 Å². The van der Waals surface area contributed by atoms with Crippen molar-refractivity contribution in [2.75, 3.05) is 0 Å². The maximum Gasteiger partial charge on any atom is 0.273 e. The SMILES string of the molecule is NS(=O)(=O)C(=O)C(c1cccnc1)c1cncc2ccccc12. The molecule has 0 fully saturated rings. The molecule has 1 aromatic carbocycles. The lowest BCUT2D eigenvalue weighted by Crippen LogP contribution is -2.29. The van der Waals surface area contributed by atoms with E-state index in [0.29, 0.717) is 11.1 Å². The molecule has 0 aliphatic heterocycles. The summed E-state index contributed by atoms with van der Waals surface area (Å²) in [5.41, 5.74) is 0.930. The number of fused-ring (bicyclic) bond motifs is 1. The molecule has 23 heavy (non-hydrogen) atoms. The molecule has 2 N–H and O–H groups in total. The number of carbonyl (C=O) groups is 1. The minimum atomic E-state index is -4.36. The van der Waals surface area contributed by atoms with E-state index in [-0.39, 0.29) is 0 Å². The van der Waals surface area contributed by atoms with E-state index in [2.05, 4.69) is 9.97 Å². The van der Waals surface area contributed by atoms with E-state index in [4.69, 9.17) is 5.14 Å². The first kappa shape index (κ1) is 15.3. The maximum atomic E-state index is 12.4. The Morgan fingerprint density at radius 2 is 1.78 bits per heavy atom. The normalized spacial score (nSPS) is 12.9. The van der Waals surface area contributed by atoms with Crippen LogP contribution in [0.3, 0.4) is 0 Å². The van der Waals surface area contributed by atoms with E-state index >= 15 is 0 Å². The number of aromatic nitrogens is 2. The Morgan fingerprint density at radius 1 is 1.00 bits per heavy atom. The van der Waals surface area contributed by atoms with Gasteiger partial charge in [-0.15, -0.1) is 0 Å². The Hall–Kier alpha value is -2.64. The van der Waals surface area contributed by atoms with Crippen LogP contribution in [-0.4, -0.2) is 23.5 Å². The van der Waals surface area contributed by atoms with Gasteiger partial charge in [-0.2, -0.15) is 0 Å². The van der Waals surface area contributed by atoms with Crippen LogP contribution < -0.4 is 5.14 Å². The van der Waals surface area contributed by atoms with Crippen molar-refractivity contribution in [1.29, 1.82) is 0 Å². The minimum Gasteiger partial charge on any atom is -0.279 e. The maximum absolute atomic E-state index is 12.4. The van der Waals surface area contributed by atoms with Crippen LogP contribution in [0.5, 0.6) is 0 Å². The third kappa shape index (κ3) is 2.96. The molecule has 0 aliphatic rings. The van der Waals surface area contributed by atoms with Crippen LogP contribution in [0.4, 0.5) is 0 Å². The topological polar surface area (TPSA) is 103 Å². The van der Waals surface area contributed by atoms with E-state index in [1.807, 2.05) is 24.3 Å². The molecular weight excluding hydrogens is 314 g/mol. The third-order valence-electron chi connectivity index (χ3n) is 3.54. The van der Waals surface area contributed by atoms with Gasteiger partial charge in [-0.25, -0.2) is 13.6 Å². The summed E-state index contributed by atoms with van der Waals surface area (Å²) >= 11 is 0. The molecule has 0 radical (unpaired) electrons. The van der Waals surface area contributed by atoms with Crippen LogP contribution in [-0.2, 0) is 14.8 Å². The molecule has 0 spiro atoms. The number of benzene rings is 1. The third-order valence-corrected chi connectivity index (χ3v) is 4.34. The Morgan fingerprint density at radius 3 is 2.48 bits per heavy atom. The molecule has 0 bridgehead atoms. The molecule has 2 heterocycles. The average molecular weight is 327 g/mol. The number of carbonyl (C=O) groups excluding carboxylic acids is 1. The van der Waals surface area contributed by atoms with Gasteiger partial charge in [-0.3, -0.25) is 14.8 Å². The highest BCUT2D eigenvalue weighted by atomic mass is 32.2. The number of hydrogen-bond donors (Lipinski definition) is 1. The number of nitrogens with two attached hydrogens (primary N) is 1. The van der Waals surface area contributed by atoms with Gasteiger partial charge in [-0.1, -0.05) is 30.3 Å². The second-order valence-electron chi connectivity index (χ2n) is 5.03. The summed E-state index contributed by atoms with van der Waals surface area (Å²) in [5.74, 6) is -1.07. The van der Waals surface area contributed by atoms with Crippen LogP contribution >= 0.6 is 0 Å². The van der Waals surface area contributed by atoms with Crippen molar-refractivity contribution in [3.63, 3.8) is 0 Å². The zero-order valence-corrected chi connectivity index (χ0v) is 12.8. The van der Waals surface area contributed by atoms with E-state index in [1.54, 1.807) is 24.5 Å². The number of sulfonamides is 1. The molecular formula is C16H13N3O3S. The van der Waals surface area contributed by atoms with Crippen molar-refractivity contribution in [3.05, 3.63) is 72.3 Å². The molecule has 0 saturated carbocycles. The van der Waals surface area contributed by atoms with Crippen molar-refractivity contribution >= 4 is 25.9 Å². The predicted molar refractivity (Wildman–Crippen MR) is 85.9 cm³/mol. The minimum absolute atomic E-state index is 0.449. The zero-order valence-electron chi connectivity index (χ0n) is 12.0. The van der Waals surface area contributed by atoms with Gasteiger partial charge in [0.05, 0.1) is 5.92 Å². The molecule has 1 unspecified atom stereocenters. The van der Waals surface area contributed by atoms with E-state index < -0.39 is 21.1 Å².